The predicted octanol–water partition coefficient (Wildman–Crippen LogP) is 1.65. The summed E-state index contributed by atoms with van der Waals surface area (Å²) in [6.07, 6.45) is 2.82. The first kappa shape index (κ1) is 14.8. The number of pyridine rings is 1. The molecule has 0 amide bonds. The van der Waals surface area contributed by atoms with E-state index >= 15 is 0 Å². The Labute approximate surface area is 120 Å². The van der Waals surface area contributed by atoms with Crippen LogP contribution in [0.1, 0.15) is 26.0 Å². The largest absolute Gasteiger partial charge is 0.396 e. The Kier molecular flexibility index (Phi) is 5.38. The summed E-state index contributed by atoms with van der Waals surface area (Å²) in [4.78, 5) is 6.99. The van der Waals surface area contributed by atoms with Crippen molar-refractivity contribution in [3.8, 4) is 0 Å². The molecule has 0 aliphatic carbocycles. The zero-order chi connectivity index (χ0) is 14.4. The second kappa shape index (κ2) is 7.26. The van der Waals surface area contributed by atoms with Crippen LogP contribution in [0.25, 0.3) is 5.65 Å². The molecule has 0 atom stereocenters. The SMILES string of the molecule is CCNCc1c(N(CC)CCCO)nc2ccccn12. The fourth-order valence-corrected chi connectivity index (χ4v) is 2.37. The van der Waals surface area contributed by atoms with Crippen LogP contribution in [-0.4, -0.2) is 40.7 Å². The molecule has 0 aromatic carbocycles. The molecule has 20 heavy (non-hydrogen) atoms. The van der Waals surface area contributed by atoms with Gasteiger partial charge in [0, 0.05) is 32.4 Å². The maximum atomic E-state index is 9.04. The van der Waals surface area contributed by atoms with Gasteiger partial charge in [-0.05, 0) is 32.0 Å². The van der Waals surface area contributed by atoms with Crippen LogP contribution in [0.15, 0.2) is 24.4 Å². The highest BCUT2D eigenvalue weighted by Gasteiger charge is 2.16. The minimum atomic E-state index is 0.215. The number of aromatic nitrogens is 2. The van der Waals surface area contributed by atoms with Crippen molar-refractivity contribution in [3.63, 3.8) is 0 Å². The van der Waals surface area contributed by atoms with Gasteiger partial charge in [-0.25, -0.2) is 4.98 Å². The average Bonchev–Trinajstić information content (AvgIpc) is 2.84. The highest BCUT2D eigenvalue weighted by molar-refractivity contribution is 5.56. The lowest BCUT2D eigenvalue weighted by Crippen LogP contribution is -2.27. The van der Waals surface area contributed by atoms with E-state index in [2.05, 4.69) is 34.7 Å². The van der Waals surface area contributed by atoms with Crippen molar-refractivity contribution < 1.29 is 5.11 Å². The number of aliphatic hydroxyl groups is 1. The van der Waals surface area contributed by atoms with Crippen LogP contribution < -0.4 is 10.2 Å². The van der Waals surface area contributed by atoms with Gasteiger partial charge < -0.3 is 19.7 Å². The highest BCUT2D eigenvalue weighted by atomic mass is 16.3. The zero-order valence-electron chi connectivity index (χ0n) is 12.3. The Hall–Kier alpha value is -1.59. The van der Waals surface area contributed by atoms with E-state index in [0.29, 0.717) is 0 Å². The molecule has 2 heterocycles. The lowest BCUT2D eigenvalue weighted by atomic mass is 10.3. The Morgan fingerprint density at radius 2 is 2.20 bits per heavy atom. The summed E-state index contributed by atoms with van der Waals surface area (Å²) in [7, 11) is 0. The standard InChI is InChI=1S/C15H24N4O/c1-3-16-12-13-15(18(4-2)9-7-11-20)17-14-8-5-6-10-19(13)14/h5-6,8,10,16,20H,3-4,7,9,11-12H2,1-2H3. The number of hydrogen-bond donors (Lipinski definition) is 2. The van der Waals surface area contributed by atoms with Crippen LogP contribution in [0.5, 0.6) is 0 Å². The van der Waals surface area contributed by atoms with E-state index in [1.54, 1.807) is 0 Å². The van der Waals surface area contributed by atoms with Crippen molar-refractivity contribution in [2.45, 2.75) is 26.8 Å². The summed E-state index contributed by atoms with van der Waals surface area (Å²) >= 11 is 0. The summed E-state index contributed by atoms with van der Waals surface area (Å²) in [5.41, 5.74) is 2.15. The van der Waals surface area contributed by atoms with Crippen molar-refractivity contribution in [3.05, 3.63) is 30.1 Å². The molecule has 0 bridgehead atoms. The Morgan fingerprint density at radius 1 is 1.35 bits per heavy atom. The Balaban J connectivity index is 2.38. The molecule has 0 saturated heterocycles. The summed E-state index contributed by atoms with van der Waals surface area (Å²) < 4.78 is 2.14. The Bertz CT molecular complexity index is 538. The third kappa shape index (κ3) is 3.11. The molecule has 2 rings (SSSR count). The number of hydrogen-bond acceptors (Lipinski definition) is 4. The molecular weight excluding hydrogens is 252 g/mol. The van der Waals surface area contributed by atoms with Crippen molar-refractivity contribution >= 4 is 11.5 Å². The molecule has 0 aliphatic heterocycles. The minimum absolute atomic E-state index is 0.215. The Morgan fingerprint density at radius 3 is 2.90 bits per heavy atom. The van der Waals surface area contributed by atoms with Crippen LogP contribution in [0, 0.1) is 0 Å². The molecule has 0 saturated carbocycles. The second-order valence-electron chi connectivity index (χ2n) is 4.75. The van der Waals surface area contributed by atoms with Crippen molar-refractivity contribution in [1.29, 1.82) is 0 Å². The van der Waals surface area contributed by atoms with Gasteiger partial charge in [0.25, 0.3) is 0 Å². The first-order valence-corrected chi connectivity index (χ1v) is 7.34. The van der Waals surface area contributed by atoms with Crippen molar-refractivity contribution in [1.82, 2.24) is 14.7 Å². The topological polar surface area (TPSA) is 52.8 Å². The molecule has 2 aromatic heterocycles. The maximum Gasteiger partial charge on any atom is 0.152 e. The van der Waals surface area contributed by atoms with Crippen molar-refractivity contribution in [2.24, 2.45) is 0 Å². The first-order valence-electron chi connectivity index (χ1n) is 7.34. The van der Waals surface area contributed by atoms with Gasteiger partial charge in [-0.2, -0.15) is 0 Å². The molecule has 0 fully saturated rings. The summed E-state index contributed by atoms with van der Waals surface area (Å²) in [5.74, 6) is 1.02. The molecule has 0 aliphatic rings. The molecule has 110 valence electrons. The van der Waals surface area contributed by atoms with Gasteiger partial charge in [0.05, 0.1) is 5.69 Å². The fourth-order valence-electron chi connectivity index (χ4n) is 2.37. The first-order chi connectivity index (χ1) is 9.81. The molecule has 0 spiro atoms. The van der Waals surface area contributed by atoms with E-state index in [4.69, 9.17) is 10.1 Å². The van der Waals surface area contributed by atoms with Crippen LogP contribution in [0.3, 0.4) is 0 Å². The monoisotopic (exact) mass is 276 g/mol. The fraction of sp³-hybridized carbons (Fsp3) is 0.533. The van der Waals surface area contributed by atoms with Gasteiger partial charge in [-0.1, -0.05) is 13.0 Å². The van der Waals surface area contributed by atoms with Gasteiger partial charge in [0.1, 0.15) is 5.65 Å². The number of fused-ring (bicyclic) bond motifs is 1. The van der Waals surface area contributed by atoms with Crippen LogP contribution in [-0.2, 0) is 6.54 Å². The van der Waals surface area contributed by atoms with Gasteiger partial charge in [-0.3, -0.25) is 0 Å². The van der Waals surface area contributed by atoms with Gasteiger partial charge >= 0.3 is 0 Å². The van der Waals surface area contributed by atoms with Gasteiger partial charge in [-0.15, -0.1) is 0 Å². The number of anilines is 1. The van der Waals surface area contributed by atoms with E-state index in [0.717, 1.165) is 44.1 Å². The van der Waals surface area contributed by atoms with E-state index in [9.17, 15) is 0 Å². The summed E-state index contributed by atoms with van der Waals surface area (Å²) in [6.45, 7) is 7.89. The molecule has 2 N–H and O–H groups in total. The molecule has 5 nitrogen and oxygen atoms in total. The summed E-state index contributed by atoms with van der Waals surface area (Å²) in [6, 6.07) is 6.06. The smallest absolute Gasteiger partial charge is 0.152 e. The molecule has 2 aromatic rings. The van der Waals surface area contributed by atoms with Crippen LogP contribution in [0.2, 0.25) is 0 Å². The van der Waals surface area contributed by atoms with E-state index in [1.807, 2.05) is 18.2 Å². The van der Waals surface area contributed by atoms with Crippen LogP contribution in [0.4, 0.5) is 5.82 Å². The molecule has 0 unspecified atom stereocenters. The van der Waals surface area contributed by atoms with E-state index in [-0.39, 0.29) is 6.61 Å². The zero-order valence-corrected chi connectivity index (χ0v) is 12.3. The maximum absolute atomic E-state index is 9.04. The van der Waals surface area contributed by atoms with Crippen LogP contribution >= 0.6 is 0 Å². The second-order valence-corrected chi connectivity index (χ2v) is 4.75. The number of imidazole rings is 1. The summed E-state index contributed by atoms with van der Waals surface area (Å²) in [5, 5.41) is 12.4. The molecule has 5 heteroatoms. The number of aliphatic hydroxyl groups excluding tert-OH is 1. The highest BCUT2D eigenvalue weighted by Crippen LogP contribution is 2.22. The van der Waals surface area contributed by atoms with Gasteiger partial charge in [0.2, 0.25) is 0 Å². The predicted molar refractivity (Wildman–Crippen MR) is 82.2 cm³/mol. The molecular formula is C15H24N4O. The quantitative estimate of drug-likeness (QED) is 0.770. The normalized spacial score (nSPS) is 11.2. The number of rotatable bonds is 8. The number of nitrogens with one attached hydrogen (secondary N) is 1. The van der Waals surface area contributed by atoms with E-state index in [1.165, 1.54) is 5.69 Å². The van der Waals surface area contributed by atoms with Crippen molar-refractivity contribution in [2.75, 3.05) is 31.1 Å². The van der Waals surface area contributed by atoms with E-state index < -0.39 is 0 Å². The third-order valence-electron chi connectivity index (χ3n) is 3.42. The molecule has 0 radical (unpaired) electrons. The third-order valence-corrected chi connectivity index (χ3v) is 3.42. The average molecular weight is 276 g/mol. The lowest BCUT2D eigenvalue weighted by Gasteiger charge is -2.21. The number of nitrogens with zero attached hydrogens (tertiary/aromatic N) is 3. The lowest BCUT2D eigenvalue weighted by molar-refractivity contribution is 0.289. The van der Waals surface area contributed by atoms with Gasteiger partial charge in [0.15, 0.2) is 5.82 Å². The minimum Gasteiger partial charge on any atom is -0.396 e.